The molecule has 0 aromatic heterocycles. The highest BCUT2D eigenvalue weighted by Gasteiger charge is 2.39. The van der Waals surface area contributed by atoms with Gasteiger partial charge in [0.1, 0.15) is 18.4 Å². The number of allylic oxidation sites excluding steroid dienone is 12. The maximum absolute atomic E-state index is 12.7. The van der Waals surface area contributed by atoms with Crippen molar-refractivity contribution in [2.24, 2.45) is 17.6 Å². The molecule has 0 aliphatic heterocycles. The maximum atomic E-state index is 12.7. The molecule has 15 heteroatoms. The first kappa shape index (κ1) is 55.3. The highest BCUT2D eigenvalue weighted by molar-refractivity contribution is 7.47. The van der Waals surface area contributed by atoms with Gasteiger partial charge < -0.3 is 35.4 Å². The van der Waals surface area contributed by atoms with Crippen LogP contribution in [0, 0.1) is 11.8 Å². The second-order valence-corrected chi connectivity index (χ2v) is 16.3. The second kappa shape index (κ2) is 34.8. The zero-order valence-corrected chi connectivity index (χ0v) is 37.1. The Hall–Kier alpha value is -3.75. The summed E-state index contributed by atoms with van der Waals surface area (Å²) < 4.78 is 32.6. The molecule has 61 heavy (non-hydrogen) atoms. The summed E-state index contributed by atoms with van der Waals surface area (Å²) >= 11 is 0. The lowest BCUT2D eigenvalue weighted by Gasteiger charge is -2.20. The van der Waals surface area contributed by atoms with Crippen molar-refractivity contribution in [3.63, 3.8) is 0 Å². The summed E-state index contributed by atoms with van der Waals surface area (Å²) in [7, 11) is -4.81. The largest absolute Gasteiger partial charge is 0.480 e. The number of rotatable bonds is 35. The number of hydrogen-bond acceptors (Lipinski definition) is 12. The molecule has 0 aromatic rings. The Morgan fingerprint density at radius 1 is 0.787 bits per heavy atom. The van der Waals surface area contributed by atoms with Gasteiger partial charge in [0.25, 0.3) is 0 Å². The molecule has 1 fully saturated rings. The van der Waals surface area contributed by atoms with E-state index in [4.69, 9.17) is 24.8 Å². The first-order chi connectivity index (χ1) is 29.3. The number of carboxylic acids is 1. The van der Waals surface area contributed by atoms with Crippen LogP contribution < -0.4 is 5.73 Å². The number of ether oxygens (including phenoxy) is 2. The number of aliphatic carboxylic acids is 1. The predicted molar refractivity (Wildman–Crippen MR) is 236 cm³/mol. The molecule has 344 valence electrons. The number of ketones is 1. The van der Waals surface area contributed by atoms with Crippen LogP contribution in [0.2, 0.25) is 0 Å². The van der Waals surface area contributed by atoms with Crippen LogP contribution in [0.15, 0.2) is 85.1 Å². The summed E-state index contributed by atoms with van der Waals surface area (Å²) in [5.41, 5.74) is 5.32. The molecule has 1 unspecified atom stereocenters. The summed E-state index contributed by atoms with van der Waals surface area (Å²) in [6.07, 6.45) is 36.0. The fraction of sp³-hybridized carbons (Fsp3) is 0.609. The standard InChI is InChI=1S/C46H72NO13P/c1-3-5-7-8-9-10-11-12-13-14-15-16-17-18-19-20-25-29-44(51)57-34-38(35-58-61(55,56)59-36-41(47)46(53)54)60-45(52)30-26-22-21-24-28-39-40(43(50)33-42(39)49)32-31-37(48)27-23-6-4-2/h5,7,9-10,12-13,15-16,18-19,21,24,31-32,37-41,43,48,50H,3-4,6,8,11,14,17,20,22-23,25-30,33-36,47H2,1-2H3,(H,53,54)(H,55,56)/b7-5-,10-9-,13-12-,16-15-,19-18-,24-21-,32-31+/t37-,38+,39+,40+,41-,43+/m0/s1. The fourth-order valence-corrected chi connectivity index (χ4v) is 6.80. The average molecular weight is 878 g/mol. The molecule has 0 saturated heterocycles. The number of esters is 2. The number of unbranched alkanes of at least 4 members (excludes halogenated alkanes) is 4. The predicted octanol–water partition coefficient (Wildman–Crippen LogP) is 8.09. The van der Waals surface area contributed by atoms with Crippen LogP contribution in [-0.2, 0) is 42.3 Å². The summed E-state index contributed by atoms with van der Waals surface area (Å²) in [5, 5.41) is 29.6. The van der Waals surface area contributed by atoms with E-state index in [-0.39, 0.29) is 25.0 Å². The molecule has 1 aliphatic carbocycles. The molecule has 0 amide bonds. The highest BCUT2D eigenvalue weighted by atomic mass is 31.2. The normalized spacial score (nSPS) is 20.0. The molecular formula is C46H72NO13P. The number of phosphoric acid groups is 1. The van der Waals surface area contributed by atoms with Gasteiger partial charge in [-0.2, -0.15) is 0 Å². The molecule has 1 saturated carbocycles. The second-order valence-electron chi connectivity index (χ2n) is 14.9. The Labute approximate surface area is 362 Å². The van der Waals surface area contributed by atoms with Crippen molar-refractivity contribution < 1.29 is 62.5 Å². The van der Waals surface area contributed by atoms with Gasteiger partial charge >= 0.3 is 25.7 Å². The van der Waals surface area contributed by atoms with Gasteiger partial charge in [-0.05, 0) is 70.6 Å². The highest BCUT2D eigenvalue weighted by Crippen LogP contribution is 2.43. The van der Waals surface area contributed by atoms with E-state index in [9.17, 15) is 38.8 Å². The van der Waals surface area contributed by atoms with Gasteiger partial charge in [0.05, 0.1) is 25.4 Å². The van der Waals surface area contributed by atoms with E-state index >= 15 is 0 Å². The Morgan fingerprint density at radius 2 is 1.34 bits per heavy atom. The van der Waals surface area contributed by atoms with Gasteiger partial charge in [-0.25, -0.2) is 4.57 Å². The molecule has 1 rings (SSSR count). The van der Waals surface area contributed by atoms with Crippen molar-refractivity contribution in [1.82, 2.24) is 0 Å². The fourth-order valence-electron chi connectivity index (χ4n) is 6.02. The monoisotopic (exact) mass is 877 g/mol. The van der Waals surface area contributed by atoms with E-state index in [1.165, 1.54) is 0 Å². The van der Waals surface area contributed by atoms with Crippen molar-refractivity contribution in [2.75, 3.05) is 19.8 Å². The molecule has 14 nitrogen and oxygen atoms in total. The minimum Gasteiger partial charge on any atom is -0.480 e. The quantitative estimate of drug-likeness (QED) is 0.0175. The van der Waals surface area contributed by atoms with Crippen molar-refractivity contribution in [3.05, 3.63) is 85.1 Å². The van der Waals surface area contributed by atoms with Gasteiger partial charge in [-0.1, -0.05) is 118 Å². The van der Waals surface area contributed by atoms with E-state index in [1.807, 2.05) is 24.3 Å². The lowest BCUT2D eigenvalue weighted by Crippen LogP contribution is -2.34. The minimum atomic E-state index is -4.81. The number of aliphatic hydroxyl groups excluding tert-OH is 2. The summed E-state index contributed by atoms with van der Waals surface area (Å²) in [6.45, 7) is 2.23. The average Bonchev–Trinajstić information content (AvgIpc) is 3.49. The van der Waals surface area contributed by atoms with Crippen molar-refractivity contribution in [1.29, 1.82) is 0 Å². The number of carbonyl (C=O) groups excluding carboxylic acids is 3. The zero-order valence-electron chi connectivity index (χ0n) is 36.2. The molecular weight excluding hydrogens is 805 g/mol. The van der Waals surface area contributed by atoms with Crippen LogP contribution >= 0.6 is 7.82 Å². The van der Waals surface area contributed by atoms with E-state index in [1.54, 1.807) is 12.2 Å². The molecule has 0 heterocycles. The van der Waals surface area contributed by atoms with Crippen molar-refractivity contribution in [2.45, 2.75) is 147 Å². The molecule has 6 N–H and O–H groups in total. The van der Waals surface area contributed by atoms with Gasteiger partial charge in [0.15, 0.2) is 6.10 Å². The van der Waals surface area contributed by atoms with Crippen molar-refractivity contribution >= 4 is 31.5 Å². The topological polar surface area (TPSA) is 229 Å². The molecule has 0 bridgehead atoms. The van der Waals surface area contributed by atoms with Gasteiger partial charge in [0.2, 0.25) is 0 Å². The van der Waals surface area contributed by atoms with Crippen LogP contribution in [0.3, 0.4) is 0 Å². The number of carboxylic acid groups (broad SMARTS) is 1. The molecule has 0 spiro atoms. The lowest BCUT2D eigenvalue weighted by atomic mass is 9.90. The van der Waals surface area contributed by atoms with Gasteiger partial charge in [0, 0.05) is 31.1 Å². The molecule has 0 aromatic carbocycles. The van der Waals surface area contributed by atoms with Gasteiger partial charge in [-0.15, -0.1) is 0 Å². The summed E-state index contributed by atoms with van der Waals surface area (Å²) in [4.78, 5) is 58.7. The van der Waals surface area contributed by atoms with Crippen LogP contribution in [0.4, 0.5) is 0 Å². The first-order valence-corrected chi connectivity index (χ1v) is 23.2. The molecule has 1 aliphatic rings. The molecule has 0 radical (unpaired) electrons. The Bertz CT molecular complexity index is 1520. The summed E-state index contributed by atoms with van der Waals surface area (Å²) in [6, 6.07) is -1.58. The lowest BCUT2D eigenvalue weighted by molar-refractivity contribution is -0.161. The first-order valence-electron chi connectivity index (χ1n) is 21.7. The number of carbonyl (C=O) groups is 4. The third-order valence-electron chi connectivity index (χ3n) is 9.50. The van der Waals surface area contributed by atoms with Crippen LogP contribution in [0.1, 0.15) is 123 Å². The summed E-state index contributed by atoms with van der Waals surface area (Å²) in [5.74, 6) is -3.55. The molecule has 7 atom stereocenters. The zero-order chi connectivity index (χ0) is 45.1. The number of Topliss-reactive ketones (excluding diaryl/α,β-unsaturated/α-hetero) is 1. The number of aliphatic hydroxyl groups is 2. The van der Waals surface area contributed by atoms with Crippen LogP contribution in [0.25, 0.3) is 0 Å². The third-order valence-corrected chi connectivity index (χ3v) is 10.4. The van der Waals surface area contributed by atoms with E-state index < -0.39 is 81.7 Å². The number of hydrogen-bond donors (Lipinski definition) is 5. The van der Waals surface area contributed by atoms with E-state index in [0.29, 0.717) is 38.5 Å². The number of phosphoric ester groups is 1. The third kappa shape index (κ3) is 29.2. The van der Waals surface area contributed by atoms with Gasteiger partial charge in [-0.3, -0.25) is 28.2 Å². The maximum Gasteiger partial charge on any atom is 0.472 e. The van der Waals surface area contributed by atoms with E-state index in [2.05, 4.69) is 67.0 Å². The van der Waals surface area contributed by atoms with Crippen LogP contribution in [-0.4, -0.2) is 88.1 Å². The van der Waals surface area contributed by atoms with Crippen LogP contribution in [0.5, 0.6) is 0 Å². The Balaban J connectivity index is 2.57. The van der Waals surface area contributed by atoms with Crippen molar-refractivity contribution in [3.8, 4) is 0 Å². The Morgan fingerprint density at radius 3 is 1.93 bits per heavy atom. The Kier molecular flexibility index (Phi) is 31.5. The minimum absolute atomic E-state index is 0.0438. The smallest absolute Gasteiger partial charge is 0.472 e. The SMILES string of the molecule is CC/C=C\C/C=C\C/C=C\C/C=C\C/C=C\CCCC(=O)OC[C@H](COP(=O)(O)OC[C@H](N)C(=O)O)OC(=O)CCC/C=C\C[C@H]1C(=O)C[C@@H](O)[C@@H]1/C=C/[C@@H](O)CCCCC. The number of nitrogens with two attached hydrogens (primary N) is 1. The van der Waals surface area contributed by atoms with E-state index in [0.717, 1.165) is 51.4 Å².